The molecular weight excluding hydrogens is 709 g/mol. The summed E-state index contributed by atoms with van der Waals surface area (Å²) >= 11 is 0. The highest BCUT2D eigenvalue weighted by Crippen LogP contribution is 2.45. The molecule has 0 aliphatic heterocycles. The number of para-hydroxylation sites is 4. The molecule has 272 valence electrons. The average Bonchev–Trinajstić information content (AvgIpc) is 3.85. The first kappa shape index (κ1) is 32.4. The van der Waals surface area contributed by atoms with Crippen molar-refractivity contribution in [1.82, 2.24) is 0 Å². The van der Waals surface area contributed by atoms with Crippen LogP contribution in [0.1, 0.15) is 0 Å². The predicted octanol–water partition coefficient (Wildman–Crippen LogP) is 15.9. The second-order valence-corrected chi connectivity index (χ2v) is 14.9. The van der Waals surface area contributed by atoms with Crippen molar-refractivity contribution >= 4 is 110 Å². The first-order chi connectivity index (χ1) is 28.7. The highest BCUT2D eigenvalue weighted by molar-refractivity contribution is 6.22. The summed E-state index contributed by atoms with van der Waals surface area (Å²) < 4.78 is 12.7. The Labute approximate surface area is 334 Å². The van der Waals surface area contributed by atoms with Crippen LogP contribution in [0.5, 0.6) is 0 Å². The van der Waals surface area contributed by atoms with Crippen LogP contribution in [0, 0.1) is 0 Å². The Hall–Kier alpha value is -7.82. The van der Waals surface area contributed by atoms with Crippen LogP contribution in [0.2, 0.25) is 0 Å². The Morgan fingerprint density at radius 1 is 0.259 bits per heavy atom. The van der Waals surface area contributed by atoms with Crippen molar-refractivity contribution in [2.45, 2.75) is 0 Å². The van der Waals surface area contributed by atoms with Gasteiger partial charge >= 0.3 is 0 Å². The van der Waals surface area contributed by atoms with Crippen molar-refractivity contribution in [2.75, 3.05) is 9.80 Å². The van der Waals surface area contributed by atoms with Crippen LogP contribution >= 0.6 is 0 Å². The van der Waals surface area contributed by atoms with Crippen LogP contribution < -0.4 is 9.80 Å². The topological polar surface area (TPSA) is 32.8 Å². The predicted molar refractivity (Wildman–Crippen MR) is 243 cm³/mol. The van der Waals surface area contributed by atoms with Crippen LogP contribution in [0.3, 0.4) is 0 Å². The summed E-state index contributed by atoms with van der Waals surface area (Å²) in [5.74, 6) is 0. The highest BCUT2D eigenvalue weighted by Gasteiger charge is 2.20. The standard InChI is InChI=1S/C54H34N2O2/c1-3-13-37(14-4-1)55(40-25-30-46-44-17-7-9-20-50(44)57-52(46)33-40)39-24-29-42-36(32-39)23-28-48-43(42)27-22-35-12-11-19-49(54(35)48)56(38-15-5-2-6-16-38)41-26-31-47-45-18-8-10-21-51(45)58-53(47)34-41/h1-34H. The maximum Gasteiger partial charge on any atom is 0.137 e. The van der Waals surface area contributed by atoms with Gasteiger partial charge in [-0.15, -0.1) is 0 Å². The maximum atomic E-state index is 6.40. The van der Waals surface area contributed by atoms with Gasteiger partial charge in [0.2, 0.25) is 0 Å². The van der Waals surface area contributed by atoms with Crippen molar-refractivity contribution in [1.29, 1.82) is 0 Å². The molecule has 0 atom stereocenters. The third-order valence-electron chi connectivity index (χ3n) is 11.6. The lowest BCUT2D eigenvalue weighted by molar-refractivity contribution is 0.668. The number of nitrogens with zero attached hydrogens (tertiary/aromatic N) is 2. The van der Waals surface area contributed by atoms with Gasteiger partial charge in [-0.2, -0.15) is 0 Å². The Balaban J connectivity index is 1.03. The Morgan fingerprint density at radius 2 is 0.741 bits per heavy atom. The van der Waals surface area contributed by atoms with E-state index < -0.39 is 0 Å². The van der Waals surface area contributed by atoms with Gasteiger partial charge in [-0.05, 0) is 106 Å². The van der Waals surface area contributed by atoms with Gasteiger partial charge < -0.3 is 18.6 Å². The molecule has 12 aromatic rings. The fourth-order valence-corrected chi connectivity index (χ4v) is 8.96. The number of anilines is 6. The number of hydrogen-bond donors (Lipinski definition) is 0. The first-order valence-electron chi connectivity index (χ1n) is 19.7. The van der Waals surface area contributed by atoms with Gasteiger partial charge in [-0.3, -0.25) is 0 Å². The van der Waals surface area contributed by atoms with E-state index in [1.54, 1.807) is 0 Å². The van der Waals surface area contributed by atoms with Gasteiger partial charge in [0.25, 0.3) is 0 Å². The lowest BCUT2D eigenvalue weighted by Crippen LogP contribution is -2.10. The zero-order valence-electron chi connectivity index (χ0n) is 31.3. The summed E-state index contributed by atoms with van der Waals surface area (Å²) in [5, 5.41) is 11.6. The van der Waals surface area contributed by atoms with Crippen molar-refractivity contribution in [3.63, 3.8) is 0 Å². The molecule has 0 bridgehead atoms. The van der Waals surface area contributed by atoms with E-state index in [1.165, 1.54) is 32.3 Å². The fraction of sp³-hybridized carbons (Fsp3) is 0. The monoisotopic (exact) mass is 742 g/mol. The molecular formula is C54H34N2O2. The van der Waals surface area contributed by atoms with Gasteiger partial charge in [0.1, 0.15) is 22.3 Å². The molecule has 58 heavy (non-hydrogen) atoms. The minimum Gasteiger partial charge on any atom is -0.456 e. The molecule has 0 aliphatic rings. The summed E-state index contributed by atoms with van der Waals surface area (Å²) in [4.78, 5) is 4.67. The quantitative estimate of drug-likeness (QED) is 0.159. The van der Waals surface area contributed by atoms with Crippen molar-refractivity contribution in [3.8, 4) is 0 Å². The van der Waals surface area contributed by atoms with Gasteiger partial charge in [-0.1, -0.05) is 115 Å². The maximum absolute atomic E-state index is 6.40. The van der Waals surface area contributed by atoms with Crippen LogP contribution in [-0.2, 0) is 0 Å². The SMILES string of the molecule is c1ccc(N(c2ccc3c(ccc4c3ccc3cccc(N(c5ccccc5)c5ccc6c(c5)oc5ccccc56)c34)c2)c2ccc3c(c2)oc2ccccc23)cc1. The molecule has 12 rings (SSSR count). The molecule has 0 aliphatic carbocycles. The number of fused-ring (bicyclic) bond motifs is 11. The normalized spacial score (nSPS) is 11.8. The molecule has 0 amide bonds. The molecule has 4 nitrogen and oxygen atoms in total. The number of benzene rings is 10. The van der Waals surface area contributed by atoms with Crippen molar-refractivity contribution < 1.29 is 8.83 Å². The summed E-state index contributed by atoms with van der Waals surface area (Å²) in [6, 6.07) is 73.3. The molecule has 0 radical (unpaired) electrons. The van der Waals surface area contributed by atoms with E-state index in [0.717, 1.165) is 78.0 Å². The third kappa shape index (κ3) is 5.09. The zero-order valence-corrected chi connectivity index (χ0v) is 31.3. The largest absolute Gasteiger partial charge is 0.456 e. The summed E-state index contributed by atoms with van der Waals surface area (Å²) in [5.41, 5.74) is 9.95. The molecule has 0 saturated heterocycles. The van der Waals surface area contributed by atoms with E-state index >= 15 is 0 Å². The molecule has 10 aromatic carbocycles. The lowest BCUT2D eigenvalue weighted by atomic mass is 9.95. The summed E-state index contributed by atoms with van der Waals surface area (Å²) in [6.07, 6.45) is 0. The number of hydrogen-bond acceptors (Lipinski definition) is 4. The van der Waals surface area contributed by atoms with Gasteiger partial charge in [-0.25, -0.2) is 0 Å². The fourth-order valence-electron chi connectivity index (χ4n) is 8.96. The van der Waals surface area contributed by atoms with Crippen LogP contribution in [0.4, 0.5) is 34.1 Å². The lowest BCUT2D eigenvalue weighted by Gasteiger charge is -2.27. The summed E-state index contributed by atoms with van der Waals surface area (Å²) in [7, 11) is 0. The smallest absolute Gasteiger partial charge is 0.137 e. The Kier molecular flexibility index (Phi) is 7.20. The van der Waals surface area contributed by atoms with Gasteiger partial charge in [0, 0.05) is 67.5 Å². The second kappa shape index (κ2) is 12.9. The zero-order chi connectivity index (χ0) is 38.2. The molecule has 0 N–H and O–H groups in total. The van der Waals surface area contributed by atoms with Crippen LogP contribution in [0.15, 0.2) is 215 Å². The number of rotatable bonds is 6. The minimum atomic E-state index is 0.869. The molecule has 0 spiro atoms. The third-order valence-corrected chi connectivity index (χ3v) is 11.6. The van der Waals surface area contributed by atoms with E-state index in [0.29, 0.717) is 0 Å². The van der Waals surface area contributed by atoms with E-state index in [-0.39, 0.29) is 0 Å². The Morgan fingerprint density at radius 3 is 1.40 bits per heavy atom. The van der Waals surface area contributed by atoms with E-state index in [4.69, 9.17) is 8.83 Å². The molecule has 4 heteroatoms. The van der Waals surface area contributed by atoms with E-state index in [1.807, 2.05) is 24.3 Å². The molecule has 2 aromatic heterocycles. The number of furan rings is 2. The Bertz CT molecular complexity index is 3530. The highest BCUT2D eigenvalue weighted by atomic mass is 16.3. The van der Waals surface area contributed by atoms with Crippen molar-refractivity contribution in [3.05, 3.63) is 206 Å². The second-order valence-electron chi connectivity index (χ2n) is 14.9. The van der Waals surface area contributed by atoms with E-state index in [9.17, 15) is 0 Å². The van der Waals surface area contributed by atoms with Crippen molar-refractivity contribution in [2.24, 2.45) is 0 Å². The molecule has 2 heterocycles. The first-order valence-corrected chi connectivity index (χ1v) is 19.7. The van der Waals surface area contributed by atoms with Crippen LogP contribution in [-0.4, -0.2) is 0 Å². The molecule has 0 fully saturated rings. The average molecular weight is 743 g/mol. The van der Waals surface area contributed by atoms with E-state index in [2.05, 4.69) is 192 Å². The molecule has 0 unspecified atom stereocenters. The summed E-state index contributed by atoms with van der Waals surface area (Å²) in [6.45, 7) is 0. The van der Waals surface area contributed by atoms with Gasteiger partial charge in [0.05, 0.1) is 5.69 Å². The van der Waals surface area contributed by atoms with Gasteiger partial charge in [0.15, 0.2) is 0 Å². The molecule has 0 saturated carbocycles. The van der Waals surface area contributed by atoms with Crippen LogP contribution in [0.25, 0.3) is 76.2 Å². The minimum absolute atomic E-state index is 0.869.